The Labute approximate surface area is 219 Å². The van der Waals surface area contributed by atoms with E-state index in [2.05, 4.69) is 4.99 Å². The van der Waals surface area contributed by atoms with Crippen LogP contribution in [0.5, 0.6) is 11.5 Å². The van der Waals surface area contributed by atoms with Gasteiger partial charge in [-0.3, -0.25) is 9.36 Å². The molecule has 1 aliphatic heterocycles. The topological polar surface area (TPSA) is 82.4 Å². The molecule has 37 heavy (non-hydrogen) atoms. The van der Waals surface area contributed by atoms with Crippen molar-refractivity contribution in [3.05, 3.63) is 84.5 Å². The summed E-state index contributed by atoms with van der Waals surface area (Å²) >= 11 is 1.28. The lowest BCUT2D eigenvalue weighted by Crippen LogP contribution is -2.39. The molecule has 0 saturated heterocycles. The highest BCUT2D eigenvalue weighted by Crippen LogP contribution is 2.32. The summed E-state index contributed by atoms with van der Waals surface area (Å²) in [4.78, 5) is 34.0. The Bertz CT molecular complexity index is 1520. The number of hydrogen-bond donors (Lipinski definition) is 0. The van der Waals surface area contributed by atoms with Crippen LogP contribution in [0.1, 0.15) is 37.9 Å². The first-order valence-corrected chi connectivity index (χ1v) is 12.9. The van der Waals surface area contributed by atoms with E-state index in [0.29, 0.717) is 38.7 Å². The van der Waals surface area contributed by atoms with Gasteiger partial charge in [-0.1, -0.05) is 29.5 Å². The molecule has 2 heterocycles. The number of allylic oxidation sites excluding steroid dienone is 1. The first kappa shape index (κ1) is 26.2. The monoisotopic (exact) mass is 521 g/mol. The first-order valence-electron chi connectivity index (χ1n) is 12.1. The van der Waals surface area contributed by atoms with Gasteiger partial charge in [0.25, 0.3) is 5.56 Å². The summed E-state index contributed by atoms with van der Waals surface area (Å²) in [5, 5.41) is 0. The zero-order valence-corrected chi connectivity index (χ0v) is 22.7. The van der Waals surface area contributed by atoms with Crippen molar-refractivity contribution < 1.29 is 19.0 Å². The average Bonchev–Trinajstić information content (AvgIpc) is 3.18. The van der Waals surface area contributed by atoms with Crippen LogP contribution in [0.3, 0.4) is 0 Å². The van der Waals surface area contributed by atoms with E-state index >= 15 is 0 Å². The Kier molecular flexibility index (Phi) is 7.83. The molecule has 0 fully saturated rings. The number of anilines is 1. The number of carbonyl (C=O) groups is 1. The van der Waals surface area contributed by atoms with Crippen LogP contribution in [0.15, 0.2) is 63.5 Å². The van der Waals surface area contributed by atoms with E-state index in [1.54, 1.807) is 31.6 Å². The maximum atomic E-state index is 13.8. The fourth-order valence-electron chi connectivity index (χ4n) is 4.26. The third kappa shape index (κ3) is 5.17. The standard InChI is InChI=1S/C28H31N3O5S/c1-7-35-21-14-9-18(15-22(21)34-6)16-23-26(32)31-25(19-10-12-20(13-11-19)30(4)5)24(27(33)36-8-2)17(3)29-28(31)37-23/h9-16,25H,7-8H2,1-6H3/b23-16-/t25-/m1/s1. The van der Waals surface area contributed by atoms with E-state index in [0.717, 1.165) is 16.8 Å². The number of thiazole rings is 1. The minimum Gasteiger partial charge on any atom is -0.493 e. The smallest absolute Gasteiger partial charge is 0.338 e. The molecule has 0 saturated carbocycles. The molecule has 1 aromatic heterocycles. The third-order valence-corrected chi connectivity index (χ3v) is 7.01. The molecular formula is C28H31N3O5S. The molecule has 0 amide bonds. The minimum absolute atomic E-state index is 0.228. The van der Waals surface area contributed by atoms with Crippen LogP contribution in [0.4, 0.5) is 5.69 Å². The molecule has 0 aliphatic carbocycles. The Morgan fingerprint density at radius 3 is 2.46 bits per heavy atom. The largest absolute Gasteiger partial charge is 0.493 e. The van der Waals surface area contributed by atoms with Crippen LogP contribution < -0.4 is 29.3 Å². The fraction of sp³-hybridized carbons (Fsp3) is 0.321. The quantitative estimate of drug-likeness (QED) is 0.423. The van der Waals surface area contributed by atoms with Gasteiger partial charge < -0.3 is 19.1 Å². The predicted octanol–water partition coefficient (Wildman–Crippen LogP) is 3.27. The van der Waals surface area contributed by atoms with Gasteiger partial charge in [-0.2, -0.15) is 0 Å². The Hall–Kier alpha value is -3.85. The maximum absolute atomic E-state index is 13.8. The molecule has 1 atom stereocenters. The molecule has 1 aliphatic rings. The fourth-order valence-corrected chi connectivity index (χ4v) is 5.31. The molecular weight excluding hydrogens is 490 g/mol. The molecule has 3 aromatic rings. The van der Waals surface area contributed by atoms with Gasteiger partial charge in [0.1, 0.15) is 0 Å². The molecule has 0 bridgehead atoms. The van der Waals surface area contributed by atoms with Crippen molar-refractivity contribution >= 4 is 29.1 Å². The number of benzene rings is 2. The number of hydrogen-bond acceptors (Lipinski definition) is 8. The van der Waals surface area contributed by atoms with Crippen molar-refractivity contribution in [2.24, 2.45) is 4.99 Å². The third-order valence-electron chi connectivity index (χ3n) is 6.03. The second-order valence-corrected chi connectivity index (χ2v) is 9.64. The van der Waals surface area contributed by atoms with E-state index in [4.69, 9.17) is 14.2 Å². The van der Waals surface area contributed by atoms with Crippen LogP contribution >= 0.6 is 11.3 Å². The molecule has 4 rings (SSSR count). The second-order valence-electron chi connectivity index (χ2n) is 8.63. The zero-order chi connectivity index (χ0) is 26.7. The number of ether oxygens (including phenoxy) is 3. The number of nitrogens with zero attached hydrogens (tertiary/aromatic N) is 3. The first-order chi connectivity index (χ1) is 17.8. The summed E-state index contributed by atoms with van der Waals surface area (Å²) in [5.74, 6) is 0.748. The number of esters is 1. The average molecular weight is 522 g/mol. The van der Waals surface area contributed by atoms with E-state index in [1.165, 1.54) is 11.3 Å². The van der Waals surface area contributed by atoms with Crippen molar-refractivity contribution in [3.63, 3.8) is 0 Å². The summed E-state index contributed by atoms with van der Waals surface area (Å²) in [6.07, 6.45) is 1.80. The molecule has 0 spiro atoms. The molecule has 0 unspecified atom stereocenters. The van der Waals surface area contributed by atoms with E-state index in [-0.39, 0.29) is 12.2 Å². The summed E-state index contributed by atoms with van der Waals surface area (Å²) < 4.78 is 18.5. The molecule has 0 N–H and O–H groups in total. The van der Waals surface area contributed by atoms with Gasteiger partial charge in [-0.25, -0.2) is 9.79 Å². The molecule has 9 heteroatoms. The van der Waals surface area contributed by atoms with E-state index in [1.807, 2.05) is 68.4 Å². The van der Waals surface area contributed by atoms with Crippen molar-refractivity contribution in [1.82, 2.24) is 4.57 Å². The molecule has 2 aromatic carbocycles. The highest BCUT2D eigenvalue weighted by molar-refractivity contribution is 7.07. The van der Waals surface area contributed by atoms with Crippen LogP contribution in [-0.4, -0.2) is 45.0 Å². The molecule has 0 radical (unpaired) electrons. The summed E-state index contributed by atoms with van der Waals surface area (Å²) in [6.45, 7) is 6.19. The van der Waals surface area contributed by atoms with Crippen LogP contribution in [-0.2, 0) is 9.53 Å². The minimum atomic E-state index is -0.650. The lowest BCUT2D eigenvalue weighted by Gasteiger charge is -2.25. The van der Waals surface area contributed by atoms with Crippen LogP contribution in [0.25, 0.3) is 6.08 Å². The second kappa shape index (κ2) is 11.0. The van der Waals surface area contributed by atoms with Gasteiger partial charge in [0.15, 0.2) is 16.3 Å². The SMILES string of the molecule is CCOC(=O)C1=C(C)N=c2s/c(=C\c3ccc(OCC)c(OC)c3)c(=O)n2[C@@H]1c1ccc(N(C)C)cc1. The van der Waals surface area contributed by atoms with Crippen molar-refractivity contribution in [1.29, 1.82) is 0 Å². The van der Waals surface area contributed by atoms with Gasteiger partial charge in [0.05, 0.1) is 42.2 Å². The van der Waals surface area contributed by atoms with Crippen LogP contribution in [0.2, 0.25) is 0 Å². The maximum Gasteiger partial charge on any atom is 0.338 e. The van der Waals surface area contributed by atoms with E-state index < -0.39 is 12.0 Å². The number of rotatable bonds is 8. The normalized spacial score (nSPS) is 15.2. The summed E-state index contributed by atoms with van der Waals surface area (Å²) in [5.41, 5.74) is 3.28. The van der Waals surface area contributed by atoms with Gasteiger partial charge in [0, 0.05) is 19.8 Å². The summed E-state index contributed by atoms with van der Waals surface area (Å²) in [7, 11) is 5.50. The van der Waals surface area contributed by atoms with Crippen molar-refractivity contribution in [2.75, 3.05) is 39.3 Å². The highest BCUT2D eigenvalue weighted by atomic mass is 32.1. The lowest BCUT2D eigenvalue weighted by atomic mass is 9.95. The van der Waals surface area contributed by atoms with Gasteiger partial charge >= 0.3 is 5.97 Å². The van der Waals surface area contributed by atoms with Crippen molar-refractivity contribution in [3.8, 4) is 11.5 Å². The zero-order valence-electron chi connectivity index (χ0n) is 21.9. The predicted molar refractivity (Wildman–Crippen MR) is 145 cm³/mol. The number of fused-ring (bicyclic) bond motifs is 1. The Balaban J connectivity index is 1.89. The van der Waals surface area contributed by atoms with Crippen LogP contribution in [0, 0.1) is 0 Å². The Morgan fingerprint density at radius 1 is 1.11 bits per heavy atom. The number of aromatic nitrogens is 1. The van der Waals surface area contributed by atoms with Gasteiger partial charge in [-0.05, 0) is 62.2 Å². The van der Waals surface area contributed by atoms with Gasteiger partial charge in [0.2, 0.25) is 0 Å². The highest BCUT2D eigenvalue weighted by Gasteiger charge is 2.33. The summed E-state index contributed by atoms with van der Waals surface area (Å²) in [6, 6.07) is 12.7. The van der Waals surface area contributed by atoms with Gasteiger partial charge in [-0.15, -0.1) is 0 Å². The molecule has 194 valence electrons. The lowest BCUT2D eigenvalue weighted by molar-refractivity contribution is -0.139. The number of carbonyl (C=O) groups excluding carboxylic acids is 1. The van der Waals surface area contributed by atoms with Crippen molar-refractivity contribution in [2.45, 2.75) is 26.8 Å². The number of methoxy groups -OCH3 is 1. The van der Waals surface area contributed by atoms with E-state index in [9.17, 15) is 9.59 Å². The Morgan fingerprint density at radius 2 is 1.84 bits per heavy atom. The molecule has 8 nitrogen and oxygen atoms in total.